The summed E-state index contributed by atoms with van der Waals surface area (Å²) in [6.07, 6.45) is 0.769. The van der Waals surface area contributed by atoms with Crippen molar-refractivity contribution < 1.29 is 11.0 Å². The Balaban J connectivity index is 1.15. The summed E-state index contributed by atoms with van der Waals surface area (Å²) in [5, 5.41) is 2.51. The number of fused-ring (bicyclic) bond motifs is 10. The average Bonchev–Trinajstić information content (AvgIpc) is 0.937. The van der Waals surface area contributed by atoms with Crippen molar-refractivity contribution in [3.8, 4) is 11.4 Å². The predicted molar refractivity (Wildman–Crippen MR) is 347 cm³/mol. The lowest BCUT2D eigenvalue weighted by molar-refractivity contribution is 0.411. The summed E-state index contributed by atoms with van der Waals surface area (Å²) in [6, 6.07) is 47.1. The first-order valence-electron chi connectivity index (χ1n) is 32.5. The highest BCUT2D eigenvalue weighted by molar-refractivity contribution is 7.00. The Morgan fingerprint density at radius 2 is 0.713 bits per heavy atom. The van der Waals surface area contributed by atoms with Crippen LogP contribution in [-0.2, 0) is 28.1 Å². The minimum atomic E-state index is -0.327. The molecule has 0 saturated heterocycles. The summed E-state index contributed by atoms with van der Waals surface area (Å²) in [6.45, 7) is 32.9. The van der Waals surface area contributed by atoms with E-state index < -0.39 is 0 Å². The van der Waals surface area contributed by atoms with Crippen LogP contribution >= 0.6 is 0 Å². The molecule has 5 heteroatoms. The number of anilines is 6. The van der Waals surface area contributed by atoms with Gasteiger partial charge in [0.15, 0.2) is 0 Å². The van der Waals surface area contributed by atoms with Crippen LogP contribution in [0.25, 0.3) is 55.0 Å². The number of hydrogen-bond donors (Lipinski definition) is 0. The molecule has 0 bridgehead atoms. The molecular formula is C75H77BN4. The molecule has 0 aliphatic carbocycles. The molecule has 80 heavy (non-hydrogen) atoms. The quantitative estimate of drug-likeness (QED) is 0.160. The molecule has 0 unspecified atom stereocenters. The van der Waals surface area contributed by atoms with Gasteiger partial charge in [0.05, 0.1) is 33.0 Å². The van der Waals surface area contributed by atoms with Crippen LogP contribution in [0.5, 0.6) is 0 Å². The number of benzene rings is 9. The zero-order chi connectivity index (χ0) is 63.1. The zero-order valence-electron chi connectivity index (χ0n) is 57.3. The Morgan fingerprint density at radius 1 is 0.350 bits per heavy atom. The van der Waals surface area contributed by atoms with Crippen LogP contribution in [0.1, 0.15) is 143 Å². The van der Waals surface area contributed by atoms with Gasteiger partial charge in [-0.25, -0.2) is 0 Å². The highest BCUT2D eigenvalue weighted by Gasteiger charge is 2.44. The van der Waals surface area contributed by atoms with E-state index in [4.69, 9.17) is 5.48 Å². The van der Waals surface area contributed by atoms with Crippen LogP contribution in [-0.4, -0.2) is 15.8 Å². The highest BCUT2D eigenvalue weighted by Crippen LogP contribution is 2.48. The molecule has 4 heterocycles. The van der Waals surface area contributed by atoms with Gasteiger partial charge >= 0.3 is 0 Å². The maximum absolute atomic E-state index is 9.62. The molecule has 0 atom stereocenters. The molecule has 0 amide bonds. The largest absolute Gasteiger partial charge is 0.311 e. The van der Waals surface area contributed by atoms with Crippen molar-refractivity contribution in [2.45, 2.75) is 132 Å². The van der Waals surface area contributed by atoms with E-state index in [1.54, 1.807) is 0 Å². The lowest BCUT2D eigenvalue weighted by Crippen LogP contribution is -2.61. The van der Waals surface area contributed by atoms with Gasteiger partial charge in [0.25, 0.3) is 6.71 Å². The molecule has 0 N–H and O–H groups in total. The van der Waals surface area contributed by atoms with Crippen molar-refractivity contribution in [3.63, 3.8) is 0 Å². The van der Waals surface area contributed by atoms with E-state index in [1.807, 2.05) is 9.13 Å². The number of para-hydroxylation sites is 2. The van der Waals surface area contributed by atoms with E-state index in [1.165, 1.54) is 11.1 Å². The van der Waals surface area contributed by atoms with Crippen molar-refractivity contribution in [2.24, 2.45) is 5.41 Å². The van der Waals surface area contributed by atoms with E-state index in [9.17, 15) is 5.48 Å². The first-order valence-corrected chi connectivity index (χ1v) is 28.5. The molecule has 11 aromatic rings. The molecular weight excluding hydrogens is 968 g/mol. The maximum atomic E-state index is 9.62. The maximum Gasteiger partial charge on any atom is 0.252 e. The van der Waals surface area contributed by atoms with Crippen LogP contribution in [0.15, 0.2) is 182 Å². The van der Waals surface area contributed by atoms with Gasteiger partial charge in [-0.2, -0.15) is 0 Å². The minimum Gasteiger partial charge on any atom is -0.311 e. The summed E-state index contributed by atoms with van der Waals surface area (Å²) in [5.74, 6) is 0. The Morgan fingerprint density at radius 3 is 1.09 bits per heavy atom. The van der Waals surface area contributed by atoms with Gasteiger partial charge in [-0.05, 0) is 175 Å². The SMILES string of the molecule is [2H]c1c([2H])c([2H])c2c(c1[2H])c1cc(C(C)(C)C)ccc1n2-c1ccc2c(c1)N(c1ccc(C(C)(C)C)cc1)c1cc(CC(C)(C)C)cc3c1B2c1ccc(-n2c4ccc(C(C)(C)C)cc4c4c([2H])c([2H])c([2H])c([2H])c42)cc1N3c1ccc(C(C)(C)C)cc1. The molecule has 2 aliphatic rings. The number of rotatable bonds is 5. The summed E-state index contributed by atoms with van der Waals surface area (Å²) in [7, 11) is 0. The van der Waals surface area contributed by atoms with Crippen LogP contribution in [0.3, 0.4) is 0 Å². The van der Waals surface area contributed by atoms with Gasteiger partial charge in [-0.1, -0.05) is 189 Å². The van der Waals surface area contributed by atoms with Crippen molar-refractivity contribution >= 4 is 101 Å². The van der Waals surface area contributed by atoms with Crippen LogP contribution in [0.2, 0.25) is 0 Å². The third kappa shape index (κ3) is 8.48. The molecule has 4 nitrogen and oxygen atoms in total. The van der Waals surface area contributed by atoms with Crippen LogP contribution in [0, 0.1) is 5.41 Å². The Kier molecular flexibility index (Phi) is 9.63. The second-order valence-corrected chi connectivity index (χ2v) is 28.1. The monoisotopic (exact) mass is 1050 g/mol. The first-order chi connectivity index (χ1) is 41.1. The lowest BCUT2D eigenvalue weighted by Gasteiger charge is -2.45. The molecule has 0 spiro atoms. The second-order valence-electron chi connectivity index (χ2n) is 28.1. The molecule has 400 valence electrons. The minimum absolute atomic E-state index is 0.0659. The molecule has 0 fully saturated rings. The molecule has 0 radical (unpaired) electrons. The number of aromatic nitrogens is 2. The van der Waals surface area contributed by atoms with Gasteiger partial charge < -0.3 is 18.9 Å². The van der Waals surface area contributed by atoms with Gasteiger partial charge in [0.2, 0.25) is 0 Å². The van der Waals surface area contributed by atoms with Crippen LogP contribution < -0.4 is 26.2 Å². The number of hydrogen-bond acceptors (Lipinski definition) is 2. The standard InChI is InChI=1S/C75H77BN4/c1-71(2,3)46-47-40-68-70-69(41-47)78(53-32-26-49(27-33-53)73(7,8)9)67-45-55(80-63-23-19-17-21-57(63)59-43-51(75(13,14)15)29-39-65(59)80)35-37-61(67)76(70)60-36-34-54(44-66(60)77(68)52-30-24-48(25-31-52)72(4,5)6)79-62-22-18-16-20-56(62)58-42-50(74(10,11)12)28-38-64(58)79/h16-45H,46H2,1-15H3/i16D,17D,18D,19D,20D,21D,22D,23D. The van der Waals surface area contributed by atoms with E-state index in [0.717, 1.165) is 107 Å². The fraction of sp³-hybridized carbons (Fsp3) is 0.280. The summed E-state index contributed by atoms with van der Waals surface area (Å²) in [5.41, 5.74) is 18.0. The number of nitrogens with zero attached hydrogens (tertiary/aromatic N) is 4. The second kappa shape index (κ2) is 17.9. The molecule has 13 rings (SSSR count). The van der Waals surface area contributed by atoms with Crippen molar-refractivity contribution in [1.82, 2.24) is 9.13 Å². The van der Waals surface area contributed by atoms with Gasteiger partial charge in [-0.3, -0.25) is 0 Å². The van der Waals surface area contributed by atoms with Gasteiger partial charge in [0.1, 0.15) is 0 Å². The predicted octanol–water partition coefficient (Wildman–Crippen LogP) is 18.7. The molecule has 2 aliphatic heterocycles. The molecule has 0 saturated carbocycles. The van der Waals surface area contributed by atoms with Crippen molar-refractivity contribution in [2.75, 3.05) is 9.80 Å². The zero-order valence-corrected chi connectivity index (χ0v) is 49.3. The Hall–Kier alpha value is -7.76. The Bertz CT molecular complexity index is 4480. The third-order valence-corrected chi connectivity index (χ3v) is 16.9. The summed E-state index contributed by atoms with van der Waals surface area (Å²) >= 11 is 0. The van der Waals surface area contributed by atoms with Crippen molar-refractivity contribution in [1.29, 1.82) is 0 Å². The van der Waals surface area contributed by atoms with E-state index in [-0.39, 0.29) is 82.1 Å². The molecule has 9 aromatic carbocycles. The fourth-order valence-corrected chi connectivity index (χ4v) is 12.7. The van der Waals surface area contributed by atoms with E-state index in [2.05, 4.69) is 247 Å². The summed E-state index contributed by atoms with van der Waals surface area (Å²) < 4.78 is 78.3. The fourth-order valence-electron chi connectivity index (χ4n) is 12.7. The Labute approximate surface area is 487 Å². The first kappa shape index (κ1) is 43.1. The average molecular weight is 1050 g/mol. The smallest absolute Gasteiger partial charge is 0.252 e. The van der Waals surface area contributed by atoms with E-state index >= 15 is 0 Å². The van der Waals surface area contributed by atoms with Gasteiger partial charge in [-0.15, -0.1) is 0 Å². The lowest BCUT2D eigenvalue weighted by atomic mass is 9.33. The topological polar surface area (TPSA) is 16.3 Å². The van der Waals surface area contributed by atoms with Crippen molar-refractivity contribution in [3.05, 3.63) is 210 Å². The van der Waals surface area contributed by atoms with Gasteiger partial charge in [0, 0.05) is 67.0 Å². The normalized spacial score (nSPS) is 15.3. The third-order valence-electron chi connectivity index (χ3n) is 16.9. The highest BCUT2D eigenvalue weighted by atomic mass is 15.2. The van der Waals surface area contributed by atoms with Crippen LogP contribution in [0.4, 0.5) is 34.1 Å². The summed E-state index contributed by atoms with van der Waals surface area (Å²) in [4.78, 5) is 4.84. The van der Waals surface area contributed by atoms with E-state index in [0.29, 0.717) is 21.8 Å². The molecule has 2 aromatic heterocycles.